The third-order valence-corrected chi connectivity index (χ3v) is 4.92. The third kappa shape index (κ3) is 5.23. The lowest BCUT2D eigenvalue weighted by Crippen LogP contribution is -2.26. The molecule has 1 N–H and O–H groups in total. The van der Waals surface area contributed by atoms with E-state index in [1.807, 2.05) is 11.6 Å². The van der Waals surface area contributed by atoms with Gasteiger partial charge in [-0.15, -0.1) is 0 Å². The smallest absolute Gasteiger partial charge is 0.356 e. The molecule has 0 spiro atoms. The molecule has 3 heterocycles. The molecule has 9 nitrogen and oxygen atoms in total. The number of nitrogens with one attached hydrogen (secondary N) is 1. The fraction of sp³-hybridized carbons (Fsp3) is 0.600. The van der Waals surface area contributed by atoms with Crippen LogP contribution in [0.2, 0.25) is 0 Å². The normalized spacial score (nSPS) is 15.3. The number of ether oxygens (including phenoxy) is 2. The summed E-state index contributed by atoms with van der Waals surface area (Å²) in [6, 6.07) is 1.63. The Hall–Kier alpha value is -2.68. The van der Waals surface area contributed by atoms with Gasteiger partial charge in [0.25, 0.3) is 5.91 Å². The maximum absolute atomic E-state index is 12.7. The number of hydrogen-bond donors (Lipinski definition) is 1. The zero-order chi connectivity index (χ0) is 20.6. The molecule has 0 aromatic carbocycles. The summed E-state index contributed by atoms with van der Waals surface area (Å²) in [5, 5.41) is 11.6. The van der Waals surface area contributed by atoms with Crippen LogP contribution in [0.3, 0.4) is 0 Å². The first-order chi connectivity index (χ1) is 14.1. The topological polar surface area (TPSA) is 100 Å². The van der Waals surface area contributed by atoms with Gasteiger partial charge >= 0.3 is 5.97 Å². The summed E-state index contributed by atoms with van der Waals surface area (Å²) < 4.78 is 14.3. The van der Waals surface area contributed by atoms with E-state index in [9.17, 15) is 9.59 Å². The van der Waals surface area contributed by atoms with Crippen LogP contribution in [0.5, 0.6) is 0 Å². The Kier molecular flexibility index (Phi) is 7.40. The number of esters is 1. The Morgan fingerprint density at radius 1 is 1.34 bits per heavy atom. The molecule has 0 saturated heterocycles. The predicted molar refractivity (Wildman–Crippen MR) is 106 cm³/mol. The fourth-order valence-corrected chi connectivity index (χ4v) is 3.44. The Morgan fingerprint density at radius 2 is 2.17 bits per heavy atom. The van der Waals surface area contributed by atoms with Crippen molar-refractivity contribution in [2.24, 2.45) is 7.05 Å². The molecule has 9 heteroatoms. The fourth-order valence-electron chi connectivity index (χ4n) is 3.44. The van der Waals surface area contributed by atoms with Crippen LogP contribution >= 0.6 is 0 Å². The number of nitrogens with zero attached hydrogens (tertiary/aromatic N) is 4. The van der Waals surface area contributed by atoms with Gasteiger partial charge in [-0.2, -0.15) is 10.2 Å². The third-order valence-electron chi connectivity index (χ3n) is 4.92. The van der Waals surface area contributed by atoms with Gasteiger partial charge in [0.2, 0.25) is 0 Å². The Balaban J connectivity index is 1.66. The van der Waals surface area contributed by atoms with E-state index >= 15 is 0 Å². The quantitative estimate of drug-likeness (QED) is 0.580. The van der Waals surface area contributed by atoms with E-state index < -0.39 is 5.97 Å². The van der Waals surface area contributed by atoms with Gasteiger partial charge in [-0.05, 0) is 31.7 Å². The van der Waals surface area contributed by atoms with Gasteiger partial charge in [0.1, 0.15) is 5.69 Å². The molecule has 29 heavy (non-hydrogen) atoms. The summed E-state index contributed by atoms with van der Waals surface area (Å²) in [7, 11) is 1.70. The second-order valence-corrected chi connectivity index (χ2v) is 7.00. The van der Waals surface area contributed by atoms with Crippen molar-refractivity contribution in [3.63, 3.8) is 0 Å². The monoisotopic (exact) mass is 403 g/mol. The highest BCUT2D eigenvalue weighted by Crippen LogP contribution is 2.19. The summed E-state index contributed by atoms with van der Waals surface area (Å²) in [6.45, 7) is 4.78. The zero-order valence-corrected chi connectivity index (χ0v) is 17.1. The molecule has 1 aliphatic heterocycles. The van der Waals surface area contributed by atoms with Crippen molar-refractivity contribution in [3.05, 3.63) is 34.9 Å². The molecule has 1 aliphatic rings. The highest BCUT2D eigenvalue weighted by Gasteiger charge is 2.23. The average molecular weight is 403 g/mol. The molecular formula is C20H29N5O4. The van der Waals surface area contributed by atoms with Crippen molar-refractivity contribution >= 4 is 11.9 Å². The molecule has 0 aliphatic carbocycles. The molecule has 0 saturated carbocycles. The minimum atomic E-state index is -0.393. The van der Waals surface area contributed by atoms with Gasteiger partial charge in [0, 0.05) is 46.0 Å². The molecule has 3 rings (SSSR count). The number of carbonyl (C=O) groups excluding carboxylic acids is 2. The lowest BCUT2D eigenvalue weighted by molar-refractivity contribution is 0.0481. The van der Waals surface area contributed by atoms with Crippen LogP contribution in [0.25, 0.3) is 0 Å². The number of fused-ring (bicyclic) bond motifs is 1. The second kappa shape index (κ2) is 10.2. The van der Waals surface area contributed by atoms with Crippen molar-refractivity contribution < 1.29 is 19.1 Å². The van der Waals surface area contributed by atoms with E-state index in [4.69, 9.17) is 9.47 Å². The number of amides is 1. The summed E-state index contributed by atoms with van der Waals surface area (Å²) in [6.07, 6.45) is 5.23. The van der Waals surface area contributed by atoms with E-state index in [1.54, 1.807) is 19.3 Å². The Bertz CT molecular complexity index is 842. The van der Waals surface area contributed by atoms with E-state index in [1.165, 1.54) is 4.68 Å². The number of rotatable bonds is 6. The summed E-state index contributed by atoms with van der Waals surface area (Å²) in [5.41, 5.74) is 2.86. The number of aromatic nitrogens is 4. The molecule has 0 fully saturated rings. The van der Waals surface area contributed by atoms with Crippen LogP contribution in [0.4, 0.5) is 0 Å². The van der Waals surface area contributed by atoms with Crippen LogP contribution < -0.4 is 5.32 Å². The van der Waals surface area contributed by atoms with Crippen LogP contribution in [0, 0.1) is 0 Å². The summed E-state index contributed by atoms with van der Waals surface area (Å²) in [5.74, 6) is -0.455. The highest BCUT2D eigenvalue weighted by molar-refractivity contribution is 5.96. The molecule has 0 bridgehead atoms. The molecule has 0 unspecified atom stereocenters. The molecule has 2 aromatic heterocycles. The van der Waals surface area contributed by atoms with Crippen molar-refractivity contribution in [2.45, 2.75) is 45.6 Å². The Labute approximate surface area is 170 Å². The second-order valence-electron chi connectivity index (χ2n) is 7.00. The maximum Gasteiger partial charge on any atom is 0.356 e. The lowest BCUT2D eigenvalue weighted by atomic mass is 10.1. The van der Waals surface area contributed by atoms with E-state index in [0.717, 1.165) is 30.7 Å². The largest absolute Gasteiger partial charge is 0.461 e. The van der Waals surface area contributed by atoms with Gasteiger partial charge in [0.05, 0.1) is 23.6 Å². The molecule has 1 amide bonds. The van der Waals surface area contributed by atoms with E-state index in [-0.39, 0.29) is 12.5 Å². The molecular weight excluding hydrogens is 374 g/mol. The first-order valence-corrected chi connectivity index (χ1v) is 10.2. The lowest BCUT2D eigenvalue weighted by Gasteiger charge is -2.10. The van der Waals surface area contributed by atoms with Crippen molar-refractivity contribution in [1.82, 2.24) is 24.9 Å². The van der Waals surface area contributed by atoms with Crippen molar-refractivity contribution in [3.8, 4) is 0 Å². The number of hydrogen-bond acceptors (Lipinski definition) is 6. The van der Waals surface area contributed by atoms with E-state index in [2.05, 4.69) is 15.5 Å². The zero-order valence-electron chi connectivity index (χ0n) is 17.1. The maximum atomic E-state index is 12.7. The van der Waals surface area contributed by atoms with E-state index in [0.29, 0.717) is 50.4 Å². The molecule has 0 radical (unpaired) electrons. The van der Waals surface area contributed by atoms with Gasteiger partial charge in [-0.25, -0.2) is 4.79 Å². The highest BCUT2D eigenvalue weighted by atomic mass is 16.5. The predicted octanol–water partition coefficient (Wildman–Crippen LogP) is 1.51. The van der Waals surface area contributed by atoms with Crippen LogP contribution in [-0.4, -0.2) is 57.8 Å². The average Bonchev–Trinajstić information content (AvgIpc) is 3.29. The van der Waals surface area contributed by atoms with Gasteiger partial charge < -0.3 is 14.8 Å². The standard InChI is InChI=1S/C20H29N5O4/c1-3-15-18-16(7-4-12-28-13-5-9-21-19(18)26)25(23-15)11-6-14-29-20(27)17-8-10-22-24(17)2/h8,10H,3-7,9,11-14H2,1-2H3,(H,21,26). The first kappa shape index (κ1) is 21.0. The minimum Gasteiger partial charge on any atom is -0.461 e. The van der Waals surface area contributed by atoms with Crippen LogP contribution in [0.15, 0.2) is 12.3 Å². The number of carbonyl (C=O) groups is 2. The van der Waals surface area contributed by atoms with Gasteiger partial charge in [-0.1, -0.05) is 6.92 Å². The molecule has 2 aromatic rings. The van der Waals surface area contributed by atoms with Gasteiger partial charge in [-0.3, -0.25) is 14.2 Å². The van der Waals surface area contributed by atoms with Crippen LogP contribution in [0.1, 0.15) is 58.4 Å². The number of aryl methyl sites for hydroxylation is 3. The van der Waals surface area contributed by atoms with Crippen molar-refractivity contribution in [2.75, 3.05) is 26.4 Å². The SMILES string of the molecule is CCc1nn(CCCOC(=O)c2ccnn2C)c2c1C(=O)NCCCOCCC2. The summed E-state index contributed by atoms with van der Waals surface area (Å²) >= 11 is 0. The molecule has 158 valence electrons. The van der Waals surface area contributed by atoms with Crippen molar-refractivity contribution in [1.29, 1.82) is 0 Å². The Morgan fingerprint density at radius 3 is 2.93 bits per heavy atom. The van der Waals surface area contributed by atoms with Crippen LogP contribution in [-0.2, 0) is 35.9 Å². The summed E-state index contributed by atoms with van der Waals surface area (Å²) in [4.78, 5) is 24.8. The van der Waals surface area contributed by atoms with Gasteiger partial charge in [0.15, 0.2) is 0 Å². The first-order valence-electron chi connectivity index (χ1n) is 10.2. The minimum absolute atomic E-state index is 0.0624. The molecule has 0 atom stereocenters.